The monoisotopic (exact) mass is 267 g/mol. The second-order valence-corrected chi connectivity index (χ2v) is 7.02. The lowest BCUT2D eigenvalue weighted by Gasteiger charge is -2.52. The van der Waals surface area contributed by atoms with Crippen LogP contribution in [0.3, 0.4) is 0 Å². The molecule has 0 bridgehead atoms. The molecule has 19 heavy (non-hydrogen) atoms. The molecule has 3 fully saturated rings. The van der Waals surface area contributed by atoms with E-state index >= 15 is 0 Å². The van der Waals surface area contributed by atoms with Crippen molar-refractivity contribution in [3.63, 3.8) is 0 Å². The first kappa shape index (κ1) is 13.8. The lowest BCUT2D eigenvalue weighted by Crippen LogP contribution is -2.58. The smallest absolute Gasteiger partial charge is 0.0809 e. The molecule has 110 valence electrons. The van der Waals surface area contributed by atoms with E-state index in [4.69, 9.17) is 9.47 Å². The zero-order valence-corrected chi connectivity index (χ0v) is 12.5. The Labute approximate surface area is 117 Å². The molecule has 1 spiro atoms. The molecule has 3 rings (SSSR count). The summed E-state index contributed by atoms with van der Waals surface area (Å²) < 4.78 is 12.3. The van der Waals surface area contributed by atoms with Crippen LogP contribution >= 0.6 is 0 Å². The van der Waals surface area contributed by atoms with Gasteiger partial charge >= 0.3 is 0 Å². The Bertz CT molecular complexity index is 308. The molecule has 3 nitrogen and oxygen atoms in total. The minimum atomic E-state index is 0.0277. The first-order valence-corrected chi connectivity index (χ1v) is 8.13. The summed E-state index contributed by atoms with van der Waals surface area (Å²) in [5, 5.41) is 3.59. The van der Waals surface area contributed by atoms with Crippen molar-refractivity contribution < 1.29 is 9.47 Å². The molecule has 3 unspecified atom stereocenters. The van der Waals surface area contributed by atoms with E-state index in [0.29, 0.717) is 12.0 Å². The van der Waals surface area contributed by atoms with E-state index in [1.807, 2.05) is 0 Å². The molecule has 0 amide bonds. The molecule has 0 aromatic carbocycles. The molecule has 0 radical (unpaired) electrons. The molecular weight excluding hydrogens is 238 g/mol. The van der Waals surface area contributed by atoms with Crippen LogP contribution in [0.15, 0.2) is 0 Å². The second kappa shape index (κ2) is 5.34. The lowest BCUT2D eigenvalue weighted by molar-refractivity contribution is -0.166. The third kappa shape index (κ3) is 2.57. The van der Waals surface area contributed by atoms with Crippen molar-refractivity contribution in [3.05, 3.63) is 0 Å². The topological polar surface area (TPSA) is 30.5 Å². The molecule has 2 heterocycles. The Balaban J connectivity index is 1.70. The van der Waals surface area contributed by atoms with Gasteiger partial charge in [0, 0.05) is 19.3 Å². The average molecular weight is 267 g/mol. The number of hydrogen-bond acceptors (Lipinski definition) is 3. The number of likely N-dealkylation sites (N-methyl/N-ethyl adjacent to an activating group) is 1. The molecule has 0 aromatic heterocycles. The molecule has 3 aliphatic rings. The van der Waals surface area contributed by atoms with Gasteiger partial charge in [-0.05, 0) is 71.3 Å². The summed E-state index contributed by atoms with van der Waals surface area (Å²) in [6.07, 6.45) is 10.1. The summed E-state index contributed by atoms with van der Waals surface area (Å²) in [6.45, 7) is 4.19. The summed E-state index contributed by atoms with van der Waals surface area (Å²) in [4.78, 5) is 0. The van der Waals surface area contributed by atoms with Crippen molar-refractivity contribution in [2.75, 3.05) is 20.3 Å². The Kier molecular flexibility index (Phi) is 3.89. The molecule has 2 saturated heterocycles. The van der Waals surface area contributed by atoms with Crippen LogP contribution in [0.25, 0.3) is 0 Å². The number of ether oxygens (including phenoxy) is 2. The largest absolute Gasteiger partial charge is 0.375 e. The highest BCUT2D eigenvalue weighted by molar-refractivity contribution is 5.01. The maximum absolute atomic E-state index is 6.19. The van der Waals surface area contributed by atoms with Gasteiger partial charge in [0.1, 0.15) is 0 Å². The van der Waals surface area contributed by atoms with E-state index < -0.39 is 0 Å². The van der Waals surface area contributed by atoms with E-state index in [9.17, 15) is 0 Å². The highest BCUT2D eigenvalue weighted by Gasteiger charge is 2.48. The van der Waals surface area contributed by atoms with Gasteiger partial charge < -0.3 is 14.8 Å². The summed E-state index contributed by atoms with van der Waals surface area (Å²) in [7, 11) is 2.11. The van der Waals surface area contributed by atoms with Crippen molar-refractivity contribution in [1.82, 2.24) is 5.32 Å². The number of nitrogens with one attached hydrogen (secondary N) is 1. The molecule has 2 aliphatic heterocycles. The minimum Gasteiger partial charge on any atom is -0.375 e. The average Bonchev–Trinajstić information content (AvgIpc) is 2.39. The van der Waals surface area contributed by atoms with E-state index in [1.54, 1.807) is 0 Å². The van der Waals surface area contributed by atoms with Gasteiger partial charge in [-0.15, -0.1) is 0 Å². The summed E-state index contributed by atoms with van der Waals surface area (Å²) in [5.74, 6) is 0.710. The number of rotatable bonds is 3. The normalized spacial score (nSPS) is 39.8. The molecule has 3 atom stereocenters. The SMILES string of the molecule is CNC(C1CCOC2(CCC2)C1)C1(C)CCCCO1. The maximum Gasteiger partial charge on any atom is 0.0809 e. The van der Waals surface area contributed by atoms with Gasteiger partial charge in [-0.1, -0.05) is 0 Å². The van der Waals surface area contributed by atoms with Crippen molar-refractivity contribution >= 4 is 0 Å². The Morgan fingerprint density at radius 2 is 1.89 bits per heavy atom. The van der Waals surface area contributed by atoms with Crippen molar-refractivity contribution in [3.8, 4) is 0 Å². The van der Waals surface area contributed by atoms with Crippen LogP contribution in [0.4, 0.5) is 0 Å². The lowest BCUT2D eigenvalue weighted by atomic mass is 9.67. The highest BCUT2D eigenvalue weighted by Crippen LogP contribution is 2.47. The Morgan fingerprint density at radius 1 is 1.05 bits per heavy atom. The predicted octanol–water partition coefficient (Wildman–Crippen LogP) is 2.88. The van der Waals surface area contributed by atoms with Gasteiger partial charge in [0.2, 0.25) is 0 Å². The standard InChI is InChI=1S/C16H29NO2/c1-15(7-3-4-10-18-15)14(17-2)13-6-11-19-16(12-13)8-5-9-16/h13-14,17H,3-12H2,1-2H3. The fraction of sp³-hybridized carbons (Fsp3) is 1.00. The fourth-order valence-corrected chi connectivity index (χ4v) is 4.51. The Hall–Kier alpha value is -0.120. The van der Waals surface area contributed by atoms with Crippen LogP contribution in [0.5, 0.6) is 0 Å². The van der Waals surface area contributed by atoms with Crippen LogP contribution in [0, 0.1) is 5.92 Å². The fourth-order valence-electron chi connectivity index (χ4n) is 4.51. The number of hydrogen-bond donors (Lipinski definition) is 1. The van der Waals surface area contributed by atoms with Gasteiger partial charge in [-0.3, -0.25) is 0 Å². The predicted molar refractivity (Wildman–Crippen MR) is 76.3 cm³/mol. The van der Waals surface area contributed by atoms with Gasteiger partial charge in [0.25, 0.3) is 0 Å². The molecule has 1 N–H and O–H groups in total. The molecule has 1 saturated carbocycles. The van der Waals surface area contributed by atoms with Crippen molar-refractivity contribution in [1.29, 1.82) is 0 Å². The van der Waals surface area contributed by atoms with Crippen LogP contribution in [0.2, 0.25) is 0 Å². The molecule has 3 heteroatoms. The van der Waals surface area contributed by atoms with Gasteiger partial charge in [-0.25, -0.2) is 0 Å². The van der Waals surface area contributed by atoms with Gasteiger partial charge in [0.15, 0.2) is 0 Å². The zero-order valence-electron chi connectivity index (χ0n) is 12.5. The van der Waals surface area contributed by atoms with E-state index in [2.05, 4.69) is 19.3 Å². The van der Waals surface area contributed by atoms with Crippen LogP contribution < -0.4 is 5.32 Å². The third-order valence-electron chi connectivity index (χ3n) is 5.74. The molecule has 1 aliphatic carbocycles. The quantitative estimate of drug-likeness (QED) is 0.853. The van der Waals surface area contributed by atoms with E-state index in [1.165, 1.54) is 51.4 Å². The van der Waals surface area contributed by atoms with Crippen LogP contribution in [-0.2, 0) is 9.47 Å². The molecular formula is C16H29NO2. The van der Waals surface area contributed by atoms with Gasteiger partial charge in [0.05, 0.1) is 11.2 Å². The van der Waals surface area contributed by atoms with Gasteiger partial charge in [-0.2, -0.15) is 0 Å². The van der Waals surface area contributed by atoms with Crippen molar-refractivity contribution in [2.24, 2.45) is 5.92 Å². The Morgan fingerprint density at radius 3 is 2.47 bits per heavy atom. The van der Waals surface area contributed by atoms with E-state index in [0.717, 1.165) is 13.2 Å². The summed E-state index contributed by atoms with van der Waals surface area (Å²) >= 11 is 0. The minimum absolute atomic E-state index is 0.0277. The molecule has 0 aromatic rings. The van der Waals surface area contributed by atoms with Crippen LogP contribution in [0.1, 0.15) is 58.3 Å². The third-order valence-corrected chi connectivity index (χ3v) is 5.74. The first-order valence-electron chi connectivity index (χ1n) is 8.13. The van der Waals surface area contributed by atoms with E-state index in [-0.39, 0.29) is 11.2 Å². The van der Waals surface area contributed by atoms with Crippen molar-refractivity contribution in [2.45, 2.75) is 75.5 Å². The van der Waals surface area contributed by atoms with Crippen LogP contribution in [-0.4, -0.2) is 37.5 Å². The summed E-state index contributed by atoms with van der Waals surface area (Å²) in [6, 6.07) is 0.481. The zero-order chi connectivity index (χ0) is 13.3. The first-order chi connectivity index (χ1) is 9.18. The highest BCUT2D eigenvalue weighted by atomic mass is 16.5. The summed E-state index contributed by atoms with van der Waals surface area (Å²) in [5.41, 5.74) is 0.267. The second-order valence-electron chi connectivity index (χ2n) is 7.02. The maximum atomic E-state index is 6.19.